The Kier molecular flexibility index (Phi) is 7.83. The summed E-state index contributed by atoms with van der Waals surface area (Å²) in [6, 6.07) is 14.3. The van der Waals surface area contributed by atoms with Crippen LogP contribution in [0.15, 0.2) is 42.5 Å². The normalized spacial score (nSPS) is 29.5. The van der Waals surface area contributed by atoms with E-state index in [1.165, 1.54) is 37.8 Å². The van der Waals surface area contributed by atoms with Crippen molar-refractivity contribution in [2.75, 3.05) is 13.4 Å². The second kappa shape index (κ2) is 10.8. The van der Waals surface area contributed by atoms with E-state index < -0.39 is 5.79 Å². The number of aromatic amines is 1. The molecule has 1 fully saturated rings. The monoisotopic (exact) mass is 427 g/mol. The van der Waals surface area contributed by atoms with Crippen LogP contribution in [0.25, 0.3) is 0 Å². The van der Waals surface area contributed by atoms with Gasteiger partial charge < -0.3 is 24.3 Å². The molecule has 0 amide bonds. The van der Waals surface area contributed by atoms with Crippen molar-refractivity contribution in [3.05, 3.63) is 59.4 Å². The Balaban J connectivity index is 1.43. The molecule has 5 heteroatoms. The van der Waals surface area contributed by atoms with Gasteiger partial charge in [0.25, 0.3) is 0 Å². The first-order valence-electron chi connectivity index (χ1n) is 11.9. The van der Waals surface area contributed by atoms with Gasteiger partial charge in [-0.15, -0.1) is 0 Å². The Labute approximate surface area is 186 Å². The third-order valence-corrected chi connectivity index (χ3v) is 6.71. The lowest BCUT2D eigenvalue weighted by atomic mass is 9.74. The van der Waals surface area contributed by atoms with Crippen molar-refractivity contribution in [2.24, 2.45) is 5.92 Å². The molecule has 0 saturated carbocycles. The van der Waals surface area contributed by atoms with Crippen LogP contribution in [-0.4, -0.2) is 35.4 Å². The molecule has 2 aliphatic heterocycles. The molecule has 4 rings (SSSR count). The zero-order valence-corrected chi connectivity index (χ0v) is 18.7. The van der Waals surface area contributed by atoms with Crippen molar-refractivity contribution >= 4 is 0 Å². The fourth-order valence-corrected chi connectivity index (χ4v) is 5.33. The highest BCUT2D eigenvalue weighted by Crippen LogP contribution is 2.46. The van der Waals surface area contributed by atoms with E-state index >= 15 is 0 Å². The van der Waals surface area contributed by atoms with Gasteiger partial charge in [0.1, 0.15) is 13.4 Å². The predicted octanol–water partition coefficient (Wildman–Crippen LogP) is 5.30. The molecule has 1 unspecified atom stereocenters. The second-order valence-electron chi connectivity index (χ2n) is 9.29. The van der Waals surface area contributed by atoms with E-state index in [2.05, 4.69) is 24.0 Å². The zero-order valence-electron chi connectivity index (χ0n) is 18.7. The number of benzene rings is 1. The summed E-state index contributed by atoms with van der Waals surface area (Å²) in [5.41, 5.74) is 3.43. The Morgan fingerprint density at radius 3 is 2.71 bits per heavy atom. The molecular weight excluding hydrogens is 390 g/mol. The molecule has 2 bridgehead atoms. The number of rotatable bonds is 6. The van der Waals surface area contributed by atoms with Crippen molar-refractivity contribution in [1.82, 2.24) is 4.98 Å². The zero-order chi connectivity index (χ0) is 21.5. The van der Waals surface area contributed by atoms with E-state index in [9.17, 15) is 5.11 Å². The third-order valence-electron chi connectivity index (χ3n) is 6.71. The summed E-state index contributed by atoms with van der Waals surface area (Å²) < 4.78 is 17.6. The third kappa shape index (κ3) is 5.98. The SMILES string of the molecule is C[C@H]1C[C@@H]2CCCCCCCc3ccc([nH]3)[C@H]2C(O)(COCOCc2ccccc2)O1. The fraction of sp³-hybridized carbons (Fsp3) is 0.615. The van der Waals surface area contributed by atoms with Crippen LogP contribution in [0.2, 0.25) is 0 Å². The van der Waals surface area contributed by atoms with E-state index in [0.29, 0.717) is 12.5 Å². The lowest BCUT2D eigenvalue weighted by Crippen LogP contribution is -2.53. The van der Waals surface area contributed by atoms with Crippen molar-refractivity contribution in [3.8, 4) is 0 Å². The van der Waals surface area contributed by atoms with Crippen LogP contribution in [-0.2, 0) is 27.2 Å². The van der Waals surface area contributed by atoms with Gasteiger partial charge in [-0.05, 0) is 56.2 Å². The van der Waals surface area contributed by atoms with Gasteiger partial charge in [0.15, 0.2) is 5.79 Å². The van der Waals surface area contributed by atoms with Crippen LogP contribution in [0.5, 0.6) is 0 Å². The second-order valence-corrected chi connectivity index (χ2v) is 9.29. The van der Waals surface area contributed by atoms with Gasteiger partial charge in [-0.2, -0.15) is 0 Å². The Morgan fingerprint density at radius 2 is 1.84 bits per heavy atom. The molecule has 1 aromatic carbocycles. The Hall–Kier alpha value is -1.66. The molecule has 0 radical (unpaired) electrons. The van der Waals surface area contributed by atoms with Gasteiger partial charge in [0.05, 0.1) is 18.6 Å². The van der Waals surface area contributed by atoms with Gasteiger partial charge in [-0.3, -0.25) is 0 Å². The van der Waals surface area contributed by atoms with Crippen LogP contribution in [0.3, 0.4) is 0 Å². The number of hydrogen-bond donors (Lipinski definition) is 2. The van der Waals surface area contributed by atoms with Gasteiger partial charge in [0, 0.05) is 11.4 Å². The molecule has 31 heavy (non-hydrogen) atoms. The highest BCUT2D eigenvalue weighted by Gasteiger charge is 2.49. The summed E-state index contributed by atoms with van der Waals surface area (Å²) in [6.45, 7) is 2.77. The predicted molar refractivity (Wildman–Crippen MR) is 121 cm³/mol. The average Bonchev–Trinajstić information content (AvgIpc) is 3.20. The summed E-state index contributed by atoms with van der Waals surface area (Å²) in [7, 11) is 0. The van der Waals surface area contributed by atoms with Gasteiger partial charge in [-0.1, -0.05) is 56.0 Å². The summed E-state index contributed by atoms with van der Waals surface area (Å²) in [5.74, 6) is -1.11. The minimum atomic E-state index is -1.36. The molecule has 1 aromatic heterocycles. The standard InChI is InChI=1S/C26H37NO4/c1-20-16-22-12-8-3-2-4-9-13-23-14-15-24(27-23)25(22)26(28,31-20)18-30-19-29-17-21-10-6-5-7-11-21/h5-7,10-11,14-15,20,22,25,27-28H,2-4,8-9,12-13,16-19H2,1H3/t20-,22-,25-,26?/m0/s1. The van der Waals surface area contributed by atoms with E-state index in [1.54, 1.807) is 0 Å². The Bertz CT molecular complexity index is 792. The smallest absolute Gasteiger partial charge is 0.198 e. The van der Waals surface area contributed by atoms with E-state index in [0.717, 1.165) is 30.5 Å². The minimum absolute atomic E-state index is 0.00225. The van der Waals surface area contributed by atoms with Gasteiger partial charge >= 0.3 is 0 Å². The maximum atomic E-state index is 11.7. The quantitative estimate of drug-likeness (QED) is 0.485. The molecule has 170 valence electrons. The van der Waals surface area contributed by atoms with Crippen molar-refractivity contribution in [3.63, 3.8) is 0 Å². The topological polar surface area (TPSA) is 63.7 Å². The van der Waals surface area contributed by atoms with Crippen molar-refractivity contribution < 1.29 is 19.3 Å². The van der Waals surface area contributed by atoms with Crippen LogP contribution in [0, 0.1) is 5.92 Å². The Morgan fingerprint density at radius 1 is 1.03 bits per heavy atom. The van der Waals surface area contributed by atoms with Crippen LogP contribution < -0.4 is 0 Å². The lowest BCUT2D eigenvalue weighted by Gasteiger charge is -2.46. The highest BCUT2D eigenvalue weighted by atomic mass is 16.7. The first kappa shape index (κ1) is 22.5. The molecule has 3 heterocycles. The van der Waals surface area contributed by atoms with Gasteiger partial charge in [-0.25, -0.2) is 0 Å². The fourth-order valence-electron chi connectivity index (χ4n) is 5.33. The molecule has 4 atom stereocenters. The van der Waals surface area contributed by atoms with E-state index in [4.69, 9.17) is 14.2 Å². The highest BCUT2D eigenvalue weighted by molar-refractivity contribution is 5.21. The number of fused-ring (bicyclic) bond motifs is 4. The first-order chi connectivity index (χ1) is 15.1. The number of H-pyrrole nitrogens is 1. The van der Waals surface area contributed by atoms with E-state index in [1.807, 2.05) is 30.3 Å². The lowest BCUT2D eigenvalue weighted by molar-refractivity contribution is -0.302. The molecule has 1 saturated heterocycles. The van der Waals surface area contributed by atoms with Crippen molar-refractivity contribution in [2.45, 2.75) is 82.7 Å². The van der Waals surface area contributed by atoms with Crippen LogP contribution in [0.4, 0.5) is 0 Å². The maximum Gasteiger partial charge on any atom is 0.198 e. The maximum absolute atomic E-state index is 11.7. The van der Waals surface area contributed by atoms with Crippen LogP contribution in [0.1, 0.15) is 74.7 Å². The number of hydrogen-bond acceptors (Lipinski definition) is 4. The summed E-state index contributed by atoms with van der Waals surface area (Å²) >= 11 is 0. The minimum Gasteiger partial charge on any atom is -0.363 e. The summed E-state index contributed by atoms with van der Waals surface area (Å²) in [6.07, 6.45) is 9.43. The summed E-state index contributed by atoms with van der Waals surface area (Å²) in [4.78, 5) is 3.60. The molecule has 0 spiro atoms. The number of nitrogens with one attached hydrogen (secondary N) is 1. The summed E-state index contributed by atoms with van der Waals surface area (Å²) in [5, 5.41) is 11.7. The molecule has 2 N–H and O–H groups in total. The number of aromatic nitrogens is 1. The van der Waals surface area contributed by atoms with Crippen molar-refractivity contribution in [1.29, 1.82) is 0 Å². The van der Waals surface area contributed by atoms with Crippen LogP contribution >= 0.6 is 0 Å². The first-order valence-corrected chi connectivity index (χ1v) is 11.9. The van der Waals surface area contributed by atoms with E-state index in [-0.39, 0.29) is 25.4 Å². The molecule has 5 nitrogen and oxygen atoms in total. The molecule has 0 aliphatic carbocycles. The average molecular weight is 428 g/mol. The molecule has 2 aromatic rings. The largest absolute Gasteiger partial charge is 0.363 e. The molecule has 2 aliphatic rings. The number of aryl methyl sites for hydroxylation is 1. The van der Waals surface area contributed by atoms with Gasteiger partial charge in [0.2, 0.25) is 0 Å². The number of aliphatic hydroxyl groups is 1. The molecular formula is C26H37NO4. The number of ether oxygens (including phenoxy) is 3.